The first-order valence-electron chi connectivity index (χ1n) is 6.70. The summed E-state index contributed by atoms with van der Waals surface area (Å²) in [6, 6.07) is 5.53. The molecule has 2 rings (SSSR count). The van der Waals surface area contributed by atoms with Crippen molar-refractivity contribution in [3.63, 3.8) is 0 Å². The van der Waals surface area contributed by atoms with Crippen LogP contribution in [-0.4, -0.2) is 50.6 Å². The molecule has 1 aromatic carbocycles. The maximum atomic E-state index is 12.1. The summed E-state index contributed by atoms with van der Waals surface area (Å²) in [7, 11) is -3.32. The van der Waals surface area contributed by atoms with Gasteiger partial charge in [-0.05, 0) is 31.2 Å². The van der Waals surface area contributed by atoms with Gasteiger partial charge in [0.2, 0.25) is 10.0 Å². The Hall–Kier alpha value is -2.29. The number of nitrogens with one attached hydrogen (secondary N) is 3. The largest absolute Gasteiger partial charge is 0.374 e. The number of carbonyl (C=O) groups excluding carboxylic acids is 2. The number of carbonyl (C=O) groups is 2. The summed E-state index contributed by atoms with van der Waals surface area (Å²) in [6.45, 7) is 2.49. The summed E-state index contributed by atoms with van der Waals surface area (Å²) in [5, 5.41) is 5.55. The highest BCUT2D eigenvalue weighted by molar-refractivity contribution is 7.92. The minimum Gasteiger partial charge on any atom is -0.374 e. The molecule has 0 aromatic heterocycles. The van der Waals surface area contributed by atoms with Gasteiger partial charge in [0, 0.05) is 24.5 Å². The number of sulfonamides is 1. The number of nitrogens with zero attached hydrogens (tertiary/aromatic N) is 1. The van der Waals surface area contributed by atoms with Crippen LogP contribution in [0, 0.1) is 0 Å². The summed E-state index contributed by atoms with van der Waals surface area (Å²) in [6.07, 6.45) is 1.07. The quantitative estimate of drug-likeness (QED) is 0.726. The van der Waals surface area contributed by atoms with E-state index in [9.17, 15) is 18.0 Å². The number of imide groups is 1. The minimum absolute atomic E-state index is 0.312. The van der Waals surface area contributed by atoms with E-state index in [-0.39, 0.29) is 11.9 Å². The van der Waals surface area contributed by atoms with Crippen LogP contribution in [-0.2, 0) is 14.8 Å². The van der Waals surface area contributed by atoms with Gasteiger partial charge in [-0.15, -0.1) is 0 Å². The summed E-state index contributed by atoms with van der Waals surface area (Å²) in [5.41, 5.74) is 1.09. The van der Waals surface area contributed by atoms with E-state index in [0.29, 0.717) is 24.5 Å². The molecule has 0 bridgehead atoms. The molecule has 9 heteroatoms. The number of hydrogen-bond acceptors (Lipinski definition) is 5. The summed E-state index contributed by atoms with van der Waals surface area (Å²) in [5.74, 6) is -0.312. The number of rotatable bonds is 5. The molecular formula is C13H18N4O4S. The van der Waals surface area contributed by atoms with E-state index >= 15 is 0 Å². The van der Waals surface area contributed by atoms with Gasteiger partial charge in [0.1, 0.15) is 6.04 Å². The third-order valence-corrected chi connectivity index (χ3v) is 3.67. The van der Waals surface area contributed by atoms with Crippen molar-refractivity contribution in [1.82, 2.24) is 10.2 Å². The molecule has 1 saturated heterocycles. The Balaban J connectivity index is 1.98. The van der Waals surface area contributed by atoms with Gasteiger partial charge < -0.3 is 10.6 Å². The Morgan fingerprint density at radius 1 is 1.27 bits per heavy atom. The molecule has 1 atom stereocenters. The highest BCUT2D eigenvalue weighted by Crippen LogP contribution is 2.16. The molecule has 3 amide bonds. The van der Waals surface area contributed by atoms with Gasteiger partial charge in [-0.25, -0.2) is 13.2 Å². The van der Waals surface area contributed by atoms with Gasteiger partial charge in [0.05, 0.1) is 6.26 Å². The lowest BCUT2D eigenvalue weighted by Crippen LogP contribution is -2.43. The summed E-state index contributed by atoms with van der Waals surface area (Å²) < 4.78 is 24.6. The second kappa shape index (κ2) is 6.22. The molecule has 3 N–H and O–H groups in total. The standard InChI is InChI=1S/C13H18N4O4S/c1-9(12(18)17-8-7-14-13(17)19)15-10-3-5-11(6-4-10)16-22(2,20)21/h3-6,9,15-16H,7-8H2,1-2H3,(H,14,19)/t9-/m0/s1. The van der Waals surface area contributed by atoms with E-state index in [4.69, 9.17) is 0 Å². The lowest BCUT2D eigenvalue weighted by molar-refractivity contribution is -0.128. The van der Waals surface area contributed by atoms with Crippen molar-refractivity contribution in [3.8, 4) is 0 Å². The molecule has 1 aliphatic heterocycles. The molecule has 8 nitrogen and oxygen atoms in total. The van der Waals surface area contributed by atoms with Crippen molar-refractivity contribution in [2.75, 3.05) is 29.4 Å². The van der Waals surface area contributed by atoms with Crippen molar-refractivity contribution in [3.05, 3.63) is 24.3 Å². The van der Waals surface area contributed by atoms with Crippen molar-refractivity contribution in [2.45, 2.75) is 13.0 Å². The molecule has 22 heavy (non-hydrogen) atoms. The number of hydrogen-bond donors (Lipinski definition) is 3. The van der Waals surface area contributed by atoms with Crippen LogP contribution in [0.3, 0.4) is 0 Å². The fraction of sp³-hybridized carbons (Fsp3) is 0.385. The fourth-order valence-corrected chi connectivity index (χ4v) is 2.64. The average molecular weight is 326 g/mol. The van der Waals surface area contributed by atoms with E-state index in [2.05, 4.69) is 15.4 Å². The predicted octanol–water partition coefficient (Wildman–Crippen LogP) is 0.410. The van der Waals surface area contributed by atoms with Crippen LogP contribution in [0.5, 0.6) is 0 Å². The van der Waals surface area contributed by atoms with Gasteiger partial charge in [-0.3, -0.25) is 14.4 Å². The highest BCUT2D eigenvalue weighted by Gasteiger charge is 2.29. The number of benzene rings is 1. The zero-order valence-electron chi connectivity index (χ0n) is 12.3. The van der Waals surface area contributed by atoms with Crippen LogP contribution < -0.4 is 15.4 Å². The predicted molar refractivity (Wildman–Crippen MR) is 83.1 cm³/mol. The topological polar surface area (TPSA) is 108 Å². The zero-order valence-corrected chi connectivity index (χ0v) is 13.1. The second-order valence-corrected chi connectivity index (χ2v) is 6.79. The fourth-order valence-electron chi connectivity index (χ4n) is 2.08. The molecule has 1 aromatic rings. The summed E-state index contributed by atoms with van der Waals surface area (Å²) in [4.78, 5) is 24.7. The monoisotopic (exact) mass is 326 g/mol. The average Bonchev–Trinajstić information content (AvgIpc) is 2.84. The first-order chi connectivity index (χ1) is 10.3. The van der Waals surface area contributed by atoms with Gasteiger partial charge in [-0.1, -0.05) is 0 Å². The zero-order chi connectivity index (χ0) is 16.3. The molecule has 1 aliphatic rings. The maximum Gasteiger partial charge on any atom is 0.324 e. The van der Waals surface area contributed by atoms with Gasteiger partial charge in [0.15, 0.2) is 0 Å². The van der Waals surface area contributed by atoms with E-state index in [1.165, 1.54) is 0 Å². The molecular weight excluding hydrogens is 308 g/mol. The van der Waals surface area contributed by atoms with E-state index in [1.807, 2.05) is 0 Å². The third kappa shape index (κ3) is 4.10. The number of amides is 3. The van der Waals surface area contributed by atoms with Gasteiger partial charge in [-0.2, -0.15) is 0 Å². The van der Waals surface area contributed by atoms with Crippen LogP contribution in [0.2, 0.25) is 0 Å². The van der Waals surface area contributed by atoms with Crippen molar-refractivity contribution in [2.24, 2.45) is 0 Å². The van der Waals surface area contributed by atoms with Crippen LogP contribution in [0.15, 0.2) is 24.3 Å². The highest BCUT2D eigenvalue weighted by atomic mass is 32.2. The smallest absolute Gasteiger partial charge is 0.324 e. The Morgan fingerprint density at radius 3 is 2.36 bits per heavy atom. The maximum absolute atomic E-state index is 12.1. The molecule has 0 aliphatic carbocycles. The van der Waals surface area contributed by atoms with E-state index in [1.54, 1.807) is 31.2 Å². The SMILES string of the molecule is C[C@H](Nc1ccc(NS(C)(=O)=O)cc1)C(=O)N1CCNC1=O. The number of urea groups is 1. The lowest BCUT2D eigenvalue weighted by Gasteiger charge is -2.19. The molecule has 1 heterocycles. The van der Waals surface area contributed by atoms with Crippen molar-refractivity contribution < 1.29 is 18.0 Å². The van der Waals surface area contributed by atoms with Crippen LogP contribution in [0.4, 0.5) is 16.2 Å². The minimum atomic E-state index is -3.32. The van der Waals surface area contributed by atoms with Crippen molar-refractivity contribution >= 4 is 33.3 Å². The third-order valence-electron chi connectivity index (χ3n) is 3.06. The first-order valence-corrected chi connectivity index (χ1v) is 8.59. The Bertz CT molecular complexity index is 672. The van der Waals surface area contributed by atoms with Crippen molar-refractivity contribution in [1.29, 1.82) is 0 Å². The Kier molecular flexibility index (Phi) is 4.55. The molecule has 0 radical (unpaired) electrons. The molecule has 0 saturated carbocycles. The van der Waals surface area contributed by atoms with Crippen LogP contribution >= 0.6 is 0 Å². The first kappa shape index (κ1) is 16.1. The molecule has 120 valence electrons. The van der Waals surface area contributed by atoms with E-state index < -0.39 is 16.1 Å². The molecule has 0 spiro atoms. The van der Waals surface area contributed by atoms with Crippen LogP contribution in [0.1, 0.15) is 6.92 Å². The van der Waals surface area contributed by atoms with Crippen LogP contribution in [0.25, 0.3) is 0 Å². The van der Waals surface area contributed by atoms with Gasteiger partial charge in [0.25, 0.3) is 5.91 Å². The van der Waals surface area contributed by atoms with Gasteiger partial charge >= 0.3 is 6.03 Å². The normalized spacial score (nSPS) is 16.1. The Labute approximate surface area is 128 Å². The molecule has 1 fully saturated rings. The number of anilines is 2. The molecule has 0 unspecified atom stereocenters. The summed E-state index contributed by atoms with van der Waals surface area (Å²) >= 11 is 0. The van der Waals surface area contributed by atoms with E-state index in [0.717, 1.165) is 11.2 Å². The Morgan fingerprint density at radius 2 is 1.86 bits per heavy atom. The second-order valence-electron chi connectivity index (χ2n) is 5.04. The lowest BCUT2D eigenvalue weighted by atomic mass is 10.2.